The van der Waals surface area contributed by atoms with Crippen molar-refractivity contribution in [2.75, 3.05) is 11.1 Å². The second-order valence-electron chi connectivity index (χ2n) is 6.21. The highest BCUT2D eigenvalue weighted by molar-refractivity contribution is 7.99. The van der Waals surface area contributed by atoms with Crippen molar-refractivity contribution in [1.82, 2.24) is 14.8 Å². The third-order valence-electron chi connectivity index (χ3n) is 4.04. The van der Waals surface area contributed by atoms with Crippen molar-refractivity contribution < 1.29 is 9.53 Å². The summed E-state index contributed by atoms with van der Waals surface area (Å²) in [6.07, 6.45) is 0. The average molecular weight is 451 g/mol. The molecule has 0 radical (unpaired) electrons. The van der Waals surface area contributed by atoms with Gasteiger partial charge in [-0.1, -0.05) is 52.7 Å². The SMILES string of the molecule is CCn1c(COc2ccc(C)cc2)nnc1SCC(=O)Nc1ccc(Cl)cc1Cl. The summed E-state index contributed by atoms with van der Waals surface area (Å²) in [6.45, 7) is 5.00. The number of amides is 1. The normalized spacial score (nSPS) is 10.8. The van der Waals surface area contributed by atoms with Gasteiger partial charge in [-0.2, -0.15) is 0 Å². The second-order valence-corrected chi connectivity index (χ2v) is 7.99. The molecule has 0 atom stereocenters. The second kappa shape index (κ2) is 10.0. The van der Waals surface area contributed by atoms with E-state index in [9.17, 15) is 4.79 Å². The number of ether oxygens (including phenoxy) is 1. The minimum atomic E-state index is -0.192. The van der Waals surface area contributed by atoms with Gasteiger partial charge in [0.05, 0.1) is 16.5 Å². The van der Waals surface area contributed by atoms with Crippen molar-refractivity contribution in [3.8, 4) is 5.75 Å². The number of benzene rings is 2. The first-order valence-corrected chi connectivity index (χ1v) is 10.7. The van der Waals surface area contributed by atoms with E-state index in [1.807, 2.05) is 42.7 Å². The van der Waals surface area contributed by atoms with Crippen molar-refractivity contribution in [3.63, 3.8) is 0 Å². The number of carbonyl (C=O) groups is 1. The van der Waals surface area contributed by atoms with E-state index in [1.54, 1.807) is 18.2 Å². The van der Waals surface area contributed by atoms with Gasteiger partial charge >= 0.3 is 0 Å². The van der Waals surface area contributed by atoms with Crippen molar-refractivity contribution in [2.24, 2.45) is 0 Å². The third-order valence-corrected chi connectivity index (χ3v) is 5.55. The van der Waals surface area contributed by atoms with Gasteiger partial charge in [0.15, 0.2) is 11.0 Å². The molecule has 1 heterocycles. The number of anilines is 1. The number of aryl methyl sites for hydroxylation is 1. The van der Waals surface area contributed by atoms with E-state index >= 15 is 0 Å². The molecule has 0 aliphatic heterocycles. The molecular formula is C20H20Cl2N4O2S. The van der Waals surface area contributed by atoms with Crippen molar-refractivity contribution in [1.29, 1.82) is 0 Å². The van der Waals surface area contributed by atoms with Crippen LogP contribution in [0.4, 0.5) is 5.69 Å². The fourth-order valence-electron chi connectivity index (χ4n) is 2.54. The third kappa shape index (κ3) is 5.88. The molecule has 29 heavy (non-hydrogen) atoms. The summed E-state index contributed by atoms with van der Waals surface area (Å²) in [6, 6.07) is 12.7. The average Bonchev–Trinajstić information content (AvgIpc) is 3.10. The number of hydrogen-bond acceptors (Lipinski definition) is 5. The molecule has 1 amide bonds. The van der Waals surface area contributed by atoms with E-state index < -0.39 is 0 Å². The minimum Gasteiger partial charge on any atom is -0.486 e. The standard InChI is InChI=1S/C20H20Cl2N4O2S/c1-3-26-18(11-28-15-7-4-13(2)5-8-15)24-25-20(26)29-12-19(27)23-17-9-6-14(21)10-16(17)22/h4-10H,3,11-12H2,1-2H3,(H,23,27). The van der Waals surface area contributed by atoms with Crippen LogP contribution in [0.2, 0.25) is 10.0 Å². The quantitative estimate of drug-likeness (QED) is 0.476. The number of hydrogen-bond donors (Lipinski definition) is 1. The van der Waals surface area contributed by atoms with Crippen LogP contribution in [0.1, 0.15) is 18.3 Å². The Labute approximate surface area is 183 Å². The van der Waals surface area contributed by atoms with Gasteiger partial charge in [-0.15, -0.1) is 10.2 Å². The van der Waals surface area contributed by atoms with E-state index in [0.717, 1.165) is 5.75 Å². The Morgan fingerprint density at radius 3 is 2.62 bits per heavy atom. The molecule has 0 saturated carbocycles. The zero-order valence-corrected chi connectivity index (χ0v) is 18.3. The highest BCUT2D eigenvalue weighted by Gasteiger charge is 2.14. The highest BCUT2D eigenvalue weighted by atomic mass is 35.5. The highest BCUT2D eigenvalue weighted by Crippen LogP contribution is 2.26. The molecule has 152 valence electrons. The Balaban J connectivity index is 1.58. The molecular weight excluding hydrogens is 431 g/mol. The van der Waals surface area contributed by atoms with Crippen molar-refractivity contribution in [3.05, 3.63) is 63.9 Å². The number of rotatable bonds is 8. The lowest BCUT2D eigenvalue weighted by atomic mass is 10.2. The Morgan fingerprint density at radius 1 is 1.17 bits per heavy atom. The maximum absolute atomic E-state index is 12.3. The minimum absolute atomic E-state index is 0.176. The number of nitrogens with zero attached hydrogens (tertiary/aromatic N) is 3. The Morgan fingerprint density at radius 2 is 1.93 bits per heavy atom. The van der Waals surface area contributed by atoms with Crippen LogP contribution in [0.15, 0.2) is 47.6 Å². The smallest absolute Gasteiger partial charge is 0.234 e. The van der Waals surface area contributed by atoms with Crippen molar-refractivity contribution in [2.45, 2.75) is 32.2 Å². The van der Waals surface area contributed by atoms with Crippen molar-refractivity contribution >= 4 is 46.6 Å². The lowest BCUT2D eigenvalue weighted by Crippen LogP contribution is -2.15. The first-order valence-electron chi connectivity index (χ1n) is 8.95. The summed E-state index contributed by atoms with van der Waals surface area (Å²) in [5, 5.41) is 12.7. The van der Waals surface area contributed by atoms with Gasteiger partial charge in [-0.3, -0.25) is 4.79 Å². The van der Waals surface area contributed by atoms with E-state index in [-0.39, 0.29) is 11.7 Å². The van der Waals surface area contributed by atoms with Crippen LogP contribution in [-0.2, 0) is 17.9 Å². The molecule has 1 N–H and O–H groups in total. The summed E-state index contributed by atoms with van der Waals surface area (Å²) in [7, 11) is 0. The van der Waals surface area contributed by atoms with Crippen LogP contribution in [0.25, 0.3) is 0 Å². The van der Waals surface area contributed by atoms with Crippen LogP contribution in [0, 0.1) is 6.92 Å². The maximum atomic E-state index is 12.3. The molecule has 0 aliphatic carbocycles. The first kappa shape index (κ1) is 21.5. The predicted octanol–water partition coefficient (Wildman–Crippen LogP) is 5.22. The van der Waals surface area contributed by atoms with Crippen LogP contribution in [-0.4, -0.2) is 26.4 Å². The molecule has 1 aromatic heterocycles. The van der Waals surface area contributed by atoms with Gasteiger partial charge < -0.3 is 14.6 Å². The molecule has 0 unspecified atom stereocenters. The van der Waals surface area contributed by atoms with Gasteiger partial charge in [0, 0.05) is 11.6 Å². The monoisotopic (exact) mass is 450 g/mol. The molecule has 9 heteroatoms. The zero-order chi connectivity index (χ0) is 20.8. The number of halogens is 2. The predicted molar refractivity (Wildman–Crippen MR) is 117 cm³/mol. The summed E-state index contributed by atoms with van der Waals surface area (Å²) in [5.41, 5.74) is 1.69. The lowest BCUT2D eigenvalue weighted by Gasteiger charge is -2.10. The number of thioether (sulfide) groups is 1. The van der Waals surface area contributed by atoms with Gasteiger partial charge in [-0.25, -0.2) is 0 Å². The zero-order valence-electron chi connectivity index (χ0n) is 16.0. The van der Waals surface area contributed by atoms with Gasteiger partial charge in [0.25, 0.3) is 0 Å². The van der Waals surface area contributed by atoms with E-state index in [1.165, 1.54) is 17.3 Å². The number of aromatic nitrogens is 3. The topological polar surface area (TPSA) is 69.0 Å². The Bertz CT molecular complexity index is 993. The molecule has 3 rings (SSSR count). The number of carbonyl (C=O) groups excluding carboxylic acids is 1. The van der Waals surface area contributed by atoms with E-state index in [2.05, 4.69) is 15.5 Å². The van der Waals surface area contributed by atoms with Crippen LogP contribution >= 0.6 is 35.0 Å². The number of nitrogens with one attached hydrogen (secondary N) is 1. The molecule has 0 fully saturated rings. The molecule has 3 aromatic rings. The Hall–Kier alpha value is -2.22. The molecule has 0 aliphatic rings. The molecule has 6 nitrogen and oxygen atoms in total. The largest absolute Gasteiger partial charge is 0.486 e. The van der Waals surface area contributed by atoms with Crippen LogP contribution in [0.5, 0.6) is 5.75 Å². The molecule has 0 saturated heterocycles. The van der Waals surface area contributed by atoms with Gasteiger partial charge in [-0.05, 0) is 44.2 Å². The fourth-order valence-corrected chi connectivity index (χ4v) is 3.82. The van der Waals surface area contributed by atoms with Gasteiger partial charge in [0.1, 0.15) is 12.4 Å². The molecule has 2 aromatic carbocycles. The van der Waals surface area contributed by atoms with E-state index in [4.69, 9.17) is 27.9 Å². The first-order chi connectivity index (χ1) is 14.0. The molecule has 0 bridgehead atoms. The Kier molecular flexibility index (Phi) is 7.41. The summed E-state index contributed by atoms with van der Waals surface area (Å²) in [5.74, 6) is 1.46. The fraction of sp³-hybridized carbons (Fsp3) is 0.250. The summed E-state index contributed by atoms with van der Waals surface area (Å²) >= 11 is 13.3. The summed E-state index contributed by atoms with van der Waals surface area (Å²) in [4.78, 5) is 12.3. The van der Waals surface area contributed by atoms with Crippen LogP contribution < -0.4 is 10.1 Å². The van der Waals surface area contributed by atoms with Gasteiger partial charge in [0.2, 0.25) is 5.91 Å². The maximum Gasteiger partial charge on any atom is 0.234 e. The lowest BCUT2D eigenvalue weighted by molar-refractivity contribution is -0.113. The van der Waals surface area contributed by atoms with E-state index in [0.29, 0.717) is 39.9 Å². The van der Waals surface area contributed by atoms with Crippen LogP contribution in [0.3, 0.4) is 0 Å². The summed E-state index contributed by atoms with van der Waals surface area (Å²) < 4.78 is 7.72. The molecule has 0 spiro atoms.